The van der Waals surface area contributed by atoms with Gasteiger partial charge < -0.3 is 14.6 Å². The molecule has 0 amide bonds. The lowest BCUT2D eigenvalue weighted by Crippen LogP contribution is -2.35. The van der Waals surface area contributed by atoms with Gasteiger partial charge in [-0.3, -0.25) is 9.69 Å². The molecule has 0 aliphatic rings. The van der Waals surface area contributed by atoms with Gasteiger partial charge in [-0.05, 0) is 45.4 Å². The number of carboxylic acid groups (broad SMARTS) is 1. The zero-order valence-corrected chi connectivity index (χ0v) is 13.3. The Hall–Kier alpha value is -1.75. The minimum absolute atomic E-state index is 0.0227. The van der Waals surface area contributed by atoms with Crippen LogP contribution in [0.4, 0.5) is 0 Å². The lowest BCUT2D eigenvalue weighted by molar-refractivity contribution is -0.138. The van der Waals surface area contributed by atoms with Gasteiger partial charge in [-0.1, -0.05) is 6.07 Å². The molecule has 1 N–H and O–H groups in total. The van der Waals surface area contributed by atoms with Crippen molar-refractivity contribution >= 4 is 5.97 Å². The first-order valence-electron chi connectivity index (χ1n) is 7.32. The van der Waals surface area contributed by atoms with E-state index in [0.717, 1.165) is 11.3 Å². The standard InChI is InChI=1S/C16H25NO4/c1-5-20-14-8-7-13(9-15(14)21-6-2)10-17(12(3)4)11-16(18)19/h7-9,12H,5-6,10-11H2,1-4H3,(H,18,19). The largest absolute Gasteiger partial charge is 0.490 e. The highest BCUT2D eigenvalue weighted by Crippen LogP contribution is 2.29. The Kier molecular flexibility index (Phi) is 7.02. The van der Waals surface area contributed by atoms with Crippen molar-refractivity contribution in [1.29, 1.82) is 0 Å². The SMILES string of the molecule is CCOc1ccc(CN(CC(=O)O)C(C)C)cc1OCC. The lowest BCUT2D eigenvalue weighted by Gasteiger charge is -2.25. The number of benzene rings is 1. The number of carboxylic acids is 1. The van der Waals surface area contributed by atoms with E-state index in [4.69, 9.17) is 14.6 Å². The second-order valence-corrected chi connectivity index (χ2v) is 5.04. The summed E-state index contributed by atoms with van der Waals surface area (Å²) in [4.78, 5) is 12.8. The number of rotatable bonds is 9. The molecule has 0 spiro atoms. The Balaban J connectivity index is 2.91. The third-order valence-corrected chi connectivity index (χ3v) is 3.06. The highest BCUT2D eigenvalue weighted by Gasteiger charge is 2.15. The Morgan fingerprint density at radius 2 is 1.81 bits per heavy atom. The second-order valence-electron chi connectivity index (χ2n) is 5.04. The lowest BCUT2D eigenvalue weighted by atomic mass is 10.1. The molecule has 0 fully saturated rings. The Morgan fingerprint density at radius 1 is 1.19 bits per heavy atom. The monoisotopic (exact) mass is 295 g/mol. The van der Waals surface area contributed by atoms with E-state index in [9.17, 15) is 4.79 Å². The number of nitrogens with zero attached hydrogens (tertiary/aromatic N) is 1. The molecule has 0 bridgehead atoms. The maximum absolute atomic E-state index is 10.9. The molecule has 1 aromatic rings. The van der Waals surface area contributed by atoms with Gasteiger partial charge in [0.2, 0.25) is 0 Å². The van der Waals surface area contributed by atoms with Crippen LogP contribution in [0.2, 0.25) is 0 Å². The summed E-state index contributed by atoms with van der Waals surface area (Å²) in [5.41, 5.74) is 1.01. The van der Waals surface area contributed by atoms with Gasteiger partial charge in [-0.15, -0.1) is 0 Å². The number of hydrogen-bond acceptors (Lipinski definition) is 4. The predicted molar refractivity (Wildman–Crippen MR) is 82.0 cm³/mol. The second kappa shape index (κ2) is 8.52. The molecule has 0 aliphatic heterocycles. The molecule has 118 valence electrons. The van der Waals surface area contributed by atoms with Crippen LogP contribution in [0.5, 0.6) is 11.5 Å². The average Bonchev–Trinajstić information content (AvgIpc) is 2.41. The van der Waals surface area contributed by atoms with Gasteiger partial charge in [0.15, 0.2) is 11.5 Å². The predicted octanol–water partition coefficient (Wildman–Crippen LogP) is 2.78. The van der Waals surface area contributed by atoms with Gasteiger partial charge in [0.05, 0.1) is 19.8 Å². The molecule has 1 aromatic carbocycles. The number of ether oxygens (including phenoxy) is 2. The summed E-state index contributed by atoms with van der Waals surface area (Å²) in [7, 11) is 0. The van der Waals surface area contributed by atoms with E-state index in [1.54, 1.807) is 0 Å². The molecule has 5 nitrogen and oxygen atoms in total. The highest BCUT2D eigenvalue weighted by atomic mass is 16.5. The molecule has 0 aromatic heterocycles. The van der Waals surface area contributed by atoms with E-state index in [0.29, 0.717) is 25.5 Å². The van der Waals surface area contributed by atoms with Crippen molar-refractivity contribution < 1.29 is 19.4 Å². The van der Waals surface area contributed by atoms with Gasteiger partial charge in [0.25, 0.3) is 0 Å². The van der Waals surface area contributed by atoms with Crippen molar-refractivity contribution in [2.75, 3.05) is 19.8 Å². The minimum Gasteiger partial charge on any atom is -0.490 e. The van der Waals surface area contributed by atoms with Crippen LogP contribution in [0.3, 0.4) is 0 Å². The summed E-state index contributed by atoms with van der Waals surface area (Å²) in [6.45, 7) is 9.56. The first kappa shape index (κ1) is 17.3. The number of hydrogen-bond donors (Lipinski definition) is 1. The molecule has 0 aliphatic carbocycles. The van der Waals surface area contributed by atoms with Crippen molar-refractivity contribution in [3.05, 3.63) is 23.8 Å². The van der Waals surface area contributed by atoms with Crippen molar-refractivity contribution in [2.24, 2.45) is 0 Å². The molecule has 21 heavy (non-hydrogen) atoms. The quantitative estimate of drug-likeness (QED) is 0.759. The maximum atomic E-state index is 10.9. The Labute approximate surface area is 126 Å². The molecule has 0 radical (unpaired) electrons. The molecule has 0 saturated heterocycles. The van der Waals surface area contributed by atoms with Crippen LogP contribution in [0.15, 0.2) is 18.2 Å². The summed E-state index contributed by atoms with van der Waals surface area (Å²) < 4.78 is 11.1. The van der Waals surface area contributed by atoms with E-state index in [2.05, 4.69) is 0 Å². The molecule has 0 heterocycles. The molecular formula is C16H25NO4. The third kappa shape index (κ3) is 5.63. The summed E-state index contributed by atoms with van der Waals surface area (Å²) in [6, 6.07) is 5.91. The van der Waals surface area contributed by atoms with E-state index >= 15 is 0 Å². The van der Waals surface area contributed by atoms with Gasteiger partial charge in [-0.25, -0.2) is 0 Å². The fourth-order valence-electron chi connectivity index (χ4n) is 2.02. The van der Waals surface area contributed by atoms with Gasteiger partial charge in [0.1, 0.15) is 0 Å². The summed E-state index contributed by atoms with van der Waals surface area (Å²) in [5, 5.41) is 8.98. The van der Waals surface area contributed by atoms with Crippen LogP contribution in [0.1, 0.15) is 33.3 Å². The van der Waals surface area contributed by atoms with Crippen LogP contribution in [0, 0.1) is 0 Å². The van der Waals surface area contributed by atoms with E-state index < -0.39 is 5.97 Å². The van der Waals surface area contributed by atoms with E-state index in [1.807, 2.05) is 50.8 Å². The first-order chi connectivity index (χ1) is 9.97. The topological polar surface area (TPSA) is 59.0 Å². The third-order valence-electron chi connectivity index (χ3n) is 3.06. The van der Waals surface area contributed by atoms with Crippen LogP contribution in [-0.2, 0) is 11.3 Å². The maximum Gasteiger partial charge on any atom is 0.317 e. The van der Waals surface area contributed by atoms with E-state index in [1.165, 1.54) is 0 Å². The molecule has 5 heteroatoms. The summed E-state index contributed by atoms with van der Waals surface area (Å²) >= 11 is 0. The van der Waals surface area contributed by atoms with Crippen molar-refractivity contribution in [3.8, 4) is 11.5 Å². The normalized spacial score (nSPS) is 11.0. The smallest absolute Gasteiger partial charge is 0.317 e. The van der Waals surface area contributed by atoms with Crippen molar-refractivity contribution in [2.45, 2.75) is 40.3 Å². The minimum atomic E-state index is -0.820. The van der Waals surface area contributed by atoms with Crippen LogP contribution >= 0.6 is 0 Å². The number of aliphatic carboxylic acids is 1. The van der Waals surface area contributed by atoms with Gasteiger partial charge >= 0.3 is 5.97 Å². The first-order valence-corrected chi connectivity index (χ1v) is 7.32. The Bertz CT molecular complexity index is 460. The average molecular weight is 295 g/mol. The zero-order chi connectivity index (χ0) is 15.8. The Morgan fingerprint density at radius 3 is 2.33 bits per heavy atom. The fraction of sp³-hybridized carbons (Fsp3) is 0.562. The fourth-order valence-corrected chi connectivity index (χ4v) is 2.02. The highest BCUT2D eigenvalue weighted by molar-refractivity contribution is 5.69. The molecule has 0 unspecified atom stereocenters. The van der Waals surface area contributed by atoms with Crippen LogP contribution in [-0.4, -0.2) is 41.8 Å². The molecule has 1 rings (SSSR count). The zero-order valence-electron chi connectivity index (χ0n) is 13.3. The van der Waals surface area contributed by atoms with Crippen LogP contribution < -0.4 is 9.47 Å². The summed E-state index contributed by atoms with van der Waals surface area (Å²) in [6.07, 6.45) is 0. The van der Waals surface area contributed by atoms with Gasteiger partial charge in [-0.2, -0.15) is 0 Å². The van der Waals surface area contributed by atoms with Gasteiger partial charge in [0, 0.05) is 12.6 Å². The van der Waals surface area contributed by atoms with Crippen LogP contribution in [0.25, 0.3) is 0 Å². The summed E-state index contributed by atoms with van der Waals surface area (Å²) in [5.74, 6) is 0.605. The molecular weight excluding hydrogens is 270 g/mol. The van der Waals surface area contributed by atoms with Crippen molar-refractivity contribution in [3.63, 3.8) is 0 Å². The van der Waals surface area contributed by atoms with E-state index in [-0.39, 0.29) is 12.6 Å². The number of carbonyl (C=O) groups is 1. The van der Waals surface area contributed by atoms with Crippen molar-refractivity contribution in [1.82, 2.24) is 4.90 Å². The molecule has 0 saturated carbocycles. The molecule has 0 atom stereocenters.